The van der Waals surface area contributed by atoms with Gasteiger partial charge in [0.05, 0.1) is 10.8 Å². The quantitative estimate of drug-likeness (QED) is 0.733. The van der Waals surface area contributed by atoms with Gasteiger partial charge in [-0.3, -0.25) is 9.59 Å². The first-order chi connectivity index (χ1) is 12.5. The molecule has 2 heterocycles. The van der Waals surface area contributed by atoms with E-state index in [1.807, 2.05) is 13.8 Å². The molecule has 1 fully saturated rings. The van der Waals surface area contributed by atoms with Gasteiger partial charge in [0.25, 0.3) is 5.91 Å². The van der Waals surface area contributed by atoms with Crippen molar-refractivity contribution in [3.05, 3.63) is 22.8 Å². The lowest BCUT2D eigenvalue weighted by Crippen LogP contribution is -2.24. The number of nitrogens with zero attached hydrogens (tertiary/aromatic N) is 3. The van der Waals surface area contributed by atoms with E-state index in [0.717, 1.165) is 23.8 Å². The minimum atomic E-state index is -0.547. The number of nitrogens with one attached hydrogen (secondary N) is 1. The van der Waals surface area contributed by atoms with E-state index in [1.54, 1.807) is 11.4 Å². The summed E-state index contributed by atoms with van der Waals surface area (Å²) in [5.74, 6) is 0.159. The van der Waals surface area contributed by atoms with Gasteiger partial charge in [-0.25, -0.2) is 0 Å². The minimum absolute atomic E-state index is 0.184. The molecule has 0 aromatic carbocycles. The van der Waals surface area contributed by atoms with Crippen LogP contribution >= 0.6 is 23.1 Å². The molecule has 1 saturated carbocycles. The number of primary amides is 1. The Bertz CT molecular complexity index is 795. The lowest BCUT2D eigenvalue weighted by atomic mass is 9.95. The Kier molecular flexibility index (Phi) is 5.98. The zero-order valence-electron chi connectivity index (χ0n) is 14.9. The molecule has 0 aliphatic heterocycles. The van der Waals surface area contributed by atoms with E-state index in [1.165, 1.54) is 42.4 Å². The van der Waals surface area contributed by atoms with Crippen molar-refractivity contribution in [2.24, 2.45) is 5.73 Å². The molecule has 7 nitrogen and oxygen atoms in total. The lowest BCUT2D eigenvalue weighted by molar-refractivity contribution is -0.115. The Balaban J connectivity index is 1.69. The fourth-order valence-electron chi connectivity index (χ4n) is 3.22. The van der Waals surface area contributed by atoms with Crippen molar-refractivity contribution in [2.45, 2.75) is 62.4 Å². The zero-order valence-corrected chi connectivity index (χ0v) is 16.5. The molecule has 140 valence electrons. The van der Waals surface area contributed by atoms with Crippen LogP contribution in [-0.2, 0) is 4.79 Å². The number of carbonyl (C=O) groups is 2. The molecule has 26 heavy (non-hydrogen) atoms. The van der Waals surface area contributed by atoms with Gasteiger partial charge in [0.15, 0.2) is 5.16 Å². The number of thioether (sulfide) groups is 1. The molecular weight excluding hydrogens is 370 g/mol. The first-order valence-electron chi connectivity index (χ1n) is 8.73. The summed E-state index contributed by atoms with van der Waals surface area (Å²) < 4.78 is 2.17. The Morgan fingerprint density at radius 2 is 2.08 bits per heavy atom. The largest absolute Gasteiger partial charge is 0.366 e. The average Bonchev–Trinajstić information content (AvgIpc) is 3.22. The first kappa shape index (κ1) is 18.9. The number of hydrogen-bond donors (Lipinski definition) is 2. The van der Waals surface area contributed by atoms with Gasteiger partial charge in [-0.2, -0.15) is 0 Å². The highest BCUT2D eigenvalue weighted by Gasteiger charge is 2.25. The predicted molar refractivity (Wildman–Crippen MR) is 104 cm³/mol. The number of aryl methyl sites for hydroxylation is 1. The third-order valence-corrected chi connectivity index (χ3v) is 6.48. The van der Waals surface area contributed by atoms with Crippen molar-refractivity contribution in [3.8, 4) is 0 Å². The number of aromatic nitrogens is 3. The smallest absolute Gasteiger partial charge is 0.251 e. The molecule has 1 aliphatic carbocycles. The third-order valence-electron chi connectivity index (χ3n) is 4.59. The van der Waals surface area contributed by atoms with Crippen LogP contribution in [-0.4, -0.2) is 31.8 Å². The van der Waals surface area contributed by atoms with Crippen molar-refractivity contribution in [3.63, 3.8) is 0 Å². The summed E-state index contributed by atoms with van der Waals surface area (Å²) in [5.41, 5.74) is 5.66. The van der Waals surface area contributed by atoms with Gasteiger partial charge in [-0.1, -0.05) is 31.0 Å². The molecule has 0 saturated heterocycles. The molecule has 0 spiro atoms. The van der Waals surface area contributed by atoms with E-state index in [-0.39, 0.29) is 11.2 Å². The summed E-state index contributed by atoms with van der Waals surface area (Å²) in [7, 11) is 0. The van der Waals surface area contributed by atoms with Gasteiger partial charge in [0.2, 0.25) is 5.91 Å². The number of anilines is 1. The van der Waals surface area contributed by atoms with Crippen LogP contribution < -0.4 is 11.1 Å². The van der Waals surface area contributed by atoms with Crippen molar-refractivity contribution >= 4 is 39.9 Å². The van der Waals surface area contributed by atoms with Crippen LogP contribution in [0.1, 0.15) is 61.3 Å². The Morgan fingerprint density at radius 3 is 2.77 bits per heavy atom. The third kappa shape index (κ3) is 4.09. The van der Waals surface area contributed by atoms with Crippen LogP contribution in [0.15, 0.2) is 16.6 Å². The highest BCUT2D eigenvalue weighted by molar-refractivity contribution is 8.00. The van der Waals surface area contributed by atoms with Crippen LogP contribution in [0, 0.1) is 6.92 Å². The average molecular weight is 394 g/mol. The van der Waals surface area contributed by atoms with E-state index in [2.05, 4.69) is 20.1 Å². The first-order valence-corrected chi connectivity index (χ1v) is 10.5. The van der Waals surface area contributed by atoms with Gasteiger partial charge < -0.3 is 15.6 Å². The Hall–Kier alpha value is -1.87. The van der Waals surface area contributed by atoms with Gasteiger partial charge in [-0.05, 0) is 38.1 Å². The van der Waals surface area contributed by atoms with Crippen molar-refractivity contribution in [1.29, 1.82) is 0 Å². The molecule has 9 heteroatoms. The summed E-state index contributed by atoms with van der Waals surface area (Å²) in [4.78, 5) is 23.9. The summed E-state index contributed by atoms with van der Waals surface area (Å²) >= 11 is 2.68. The van der Waals surface area contributed by atoms with Crippen molar-refractivity contribution < 1.29 is 9.59 Å². The van der Waals surface area contributed by atoms with E-state index in [0.29, 0.717) is 16.6 Å². The Labute approximate surface area is 160 Å². The minimum Gasteiger partial charge on any atom is -0.366 e. The molecule has 2 aromatic rings. The number of nitrogens with two attached hydrogens (primary N) is 1. The zero-order chi connectivity index (χ0) is 18.7. The second kappa shape index (κ2) is 8.22. The maximum Gasteiger partial charge on any atom is 0.251 e. The Morgan fingerprint density at radius 1 is 1.35 bits per heavy atom. The van der Waals surface area contributed by atoms with Crippen LogP contribution in [0.2, 0.25) is 0 Å². The number of thiophene rings is 1. The van der Waals surface area contributed by atoms with Crippen LogP contribution in [0.5, 0.6) is 0 Å². The summed E-state index contributed by atoms with van der Waals surface area (Å²) in [6.45, 7) is 3.79. The number of rotatable bonds is 6. The molecule has 3 N–H and O–H groups in total. The molecule has 2 amide bonds. The monoisotopic (exact) mass is 393 g/mol. The highest BCUT2D eigenvalue weighted by Crippen LogP contribution is 2.34. The van der Waals surface area contributed by atoms with Crippen molar-refractivity contribution in [2.75, 3.05) is 5.32 Å². The van der Waals surface area contributed by atoms with E-state index >= 15 is 0 Å². The van der Waals surface area contributed by atoms with Crippen LogP contribution in [0.3, 0.4) is 0 Å². The fourth-order valence-corrected chi connectivity index (χ4v) is 4.98. The maximum atomic E-state index is 12.5. The lowest BCUT2D eigenvalue weighted by Gasteiger charge is -2.25. The topological polar surface area (TPSA) is 103 Å². The standard InChI is InChI=1S/C17H23N5O2S2/c1-10(15(24)19-16-13(14(18)23)8-9-25-16)26-17-21-20-11(2)22(17)12-6-4-3-5-7-12/h8-10,12H,3-7H2,1-2H3,(H2,18,23)(H,19,24)/t10-/m1/s1. The van der Waals surface area contributed by atoms with Crippen LogP contribution in [0.4, 0.5) is 5.00 Å². The second-order valence-electron chi connectivity index (χ2n) is 6.47. The molecule has 2 aromatic heterocycles. The van der Waals surface area contributed by atoms with E-state index < -0.39 is 5.91 Å². The highest BCUT2D eigenvalue weighted by atomic mass is 32.2. The molecule has 0 unspecified atom stereocenters. The SMILES string of the molecule is Cc1nnc(S[C@H](C)C(=O)Nc2sccc2C(N)=O)n1C1CCCCC1. The summed E-state index contributed by atoms with van der Waals surface area (Å²) in [6, 6.07) is 2.03. The molecule has 3 rings (SSSR count). The molecule has 0 radical (unpaired) electrons. The van der Waals surface area contributed by atoms with E-state index in [9.17, 15) is 9.59 Å². The molecular formula is C17H23N5O2S2. The molecule has 1 aliphatic rings. The number of carbonyl (C=O) groups excluding carboxylic acids is 2. The second-order valence-corrected chi connectivity index (χ2v) is 8.69. The summed E-state index contributed by atoms with van der Waals surface area (Å²) in [5, 5.41) is 13.9. The predicted octanol–water partition coefficient (Wildman–Crippen LogP) is 3.37. The fraction of sp³-hybridized carbons (Fsp3) is 0.529. The number of amides is 2. The number of hydrogen-bond acceptors (Lipinski definition) is 6. The van der Waals surface area contributed by atoms with Gasteiger partial charge in [0.1, 0.15) is 10.8 Å². The van der Waals surface area contributed by atoms with Gasteiger partial charge in [0, 0.05) is 6.04 Å². The molecule has 0 bridgehead atoms. The van der Waals surface area contributed by atoms with Crippen LogP contribution in [0.25, 0.3) is 0 Å². The maximum absolute atomic E-state index is 12.5. The normalized spacial score (nSPS) is 16.4. The van der Waals surface area contributed by atoms with Crippen molar-refractivity contribution in [1.82, 2.24) is 14.8 Å². The van der Waals surface area contributed by atoms with E-state index in [4.69, 9.17) is 5.73 Å². The molecule has 1 atom stereocenters. The summed E-state index contributed by atoms with van der Waals surface area (Å²) in [6.07, 6.45) is 5.98. The van der Waals surface area contributed by atoms with Gasteiger partial charge >= 0.3 is 0 Å². The van der Waals surface area contributed by atoms with Gasteiger partial charge in [-0.15, -0.1) is 21.5 Å².